The molecule has 1 heterocycles. The van der Waals surface area contributed by atoms with Gasteiger partial charge in [-0.3, -0.25) is 4.79 Å². The summed E-state index contributed by atoms with van der Waals surface area (Å²) in [6.07, 6.45) is 2.33. The minimum atomic E-state index is -0.0591. The minimum Gasteiger partial charge on any atom is -0.350 e. The maximum absolute atomic E-state index is 11.8. The topological polar surface area (TPSA) is 41.1 Å². The fourth-order valence-corrected chi connectivity index (χ4v) is 2.07. The maximum Gasteiger partial charge on any atom is 0.251 e. The quantitative estimate of drug-likeness (QED) is 0.844. The number of carbonyl (C=O) groups excluding carboxylic acids is 1. The Labute approximate surface area is 100 Å². The number of carbonyl (C=O) groups is 1. The molecule has 1 amide bonds. The molecule has 1 atom stereocenters. The number of benzene rings is 1. The maximum atomic E-state index is 11.8. The Morgan fingerprint density at radius 1 is 1.56 bits per heavy atom. The Morgan fingerprint density at radius 3 is 3.12 bits per heavy atom. The summed E-state index contributed by atoms with van der Waals surface area (Å²) in [5.41, 5.74) is 0.616. The van der Waals surface area contributed by atoms with E-state index in [4.69, 9.17) is 11.6 Å². The van der Waals surface area contributed by atoms with Crippen LogP contribution in [0.4, 0.5) is 0 Å². The third-order valence-corrected chi connectivity index (χ3v) is 2.99. The molecule has 1 saturated heterocycles. The van der Waals surface area contributed by atoms with Crippen LogP contribution in [0, 0.1) is 0 Å². The molecule has 2 rings (SSSR count). The number of nitrogens with one attached hydrogen (secondary N) is 2. The molecule has 2 N–H and O–H groups in total. The second-order valence-corrected chi connectivity index (χ2v) is 4.45. The van der Waals surface area contributed by atoms with Gasteiger partial charge in [-0.2, -0.15) is 0 Å². The molecule has 0 aromatic heterocycles. The van der Waals surface area contributed by atoms with Crippen LogP contribution in [0.15, 0.2) is 24.3 Å². The Balaban J connectivity index is 1.87. The molecular formula is C12H15ClN2O. The van der Waals surface area contributed by atoms with E-state index in [1.165, 1.54) is 6.42 Å². The minimum absolute atomic E-state index is 0.0591. The molecule has 16 heavy (non-hydrogen) atoms. The summed E-state index contributed by atoms with van der Waals surface area (Å²) in [6, 6.07) is 7.41. The first-order chi connectivity index (χ1) is 7.75. The lowest BCUT2D eigenvalue weighted by Crippen LogP contribution is -2.37. The van der Waals surface area contributed by atoms with Gasteiger partial charge in [0.1, 0.15) is 0 Å². The lowest BCUT2D eigenvalue weighted by atomic mass is 10.2. The van der Waals surface area contributed by atoms with E-state index in [0.717, 1.165) is 13.0 Å². The van der Waals surface area contributed by atoms with Gasteiger partial charge in [0, 0.05) is 23.2 Å². The highest BCUT2D eigenvalue weighted by molar-refractivity contribution is 6.30. The zero-order valence-corrected chi connectivity index (χ0v) is 9.76. The first kappa shape index (κ1) is 11.4. The van der Waals surface area contributed by atoms with Gasteiger partial charge in [0.2, 0.25) is 0 Å². The third-order valence-electron chi connectivity index (χ3n) is 2.76. The lowest BCUT2D eigenvalue weighted by Gasteiger charge is -2.11. The van der Waals surface area contributed by atoms with E-state index in [0.29, 0.717) is 23.2 Å². The molecule has 3 nitrogen and oxygen atoms in total. The molecule has 1 aromatic carbocycles. The van der Waals surface area contributed by atoms with Crippen molar-refractivity contribution in [3.8, 4) is 0 Å². The molecule has 1 aliphatic heterocycles. The van der Waals surface area contributed by atoms with E-state index >= 15 is 0 Å². The van der Waals surface area contributed by atoms with Gasteiger partial charge >= 0.3 is 0 Å². The summed E-state index contributed by atoms with van der Waals surface area (Å²) in [5, 5.41) is 6.83. The van der Waals surface area contributed by atoms with E-state index in [1.54, 1.807) is 24.3 Å². The van der Waals surface area contributed by atoms with Crippen LogP contribution in [-0.4, -0.2) is 25.0 Å². The molecule has 0 bridgehead atoms. The molecule has 0 aliphatic carbocycles. The van der Waals surface area contributed by atoms with Crippen molar-refractivity contribution in [2.24, 2.45) is 0 Å². The molecule has 0 radical (unpaired) electrons. The van der Waals surface area contributed by atoms with E-state index in [1.807, 2.05) is 0 Å². The smallest absolute Gasteiger partial charge is 0.251 e. The van der Waals surface area contributed by atoms with Crippen molar-refractivity contribution in [3.63, 3.8) is 0 Å². The molecule has 0 saturated carbocycles. The van der Waals surface area contributed by atoms with Crippen molar-refractivity contribution in [1.29, 1.82) is 0 Å². The van der Waals surface area contributed by atoms with Gasteiger partial charge in [-0.15, -0.1) is 0 Å². The predicted molar refractivity (Wildman–Crippen MR) is 64.8 cm³/mol. The Kier molecular flexibility index (Phi) is 3.80. The highest BCUT2D eigenvalue weighted by atomic mass is 35.5. The number of halogens is 1. The van der Waals surface area contributed by atoms with Crippen LogP contribution in [0.5, 0.6) is 0 Å². The average molecular weight is 239 g/mol. The first-order valence-corrected chi connectivity index (χ1v) is 5.90. The normalized spacial score (nSPS) is 19.7. The molecule has 4 heteroatoms. The highest BCUT2D eigenvalue weighted by Gasteiger charge is 2.15. The van der Waals surface area contributed by atoms with Crippen molar-refractivity contribution < 1.29 is 4.79 Å². The Bertz CT molecular complexity index is 375. The Morgan fingerprint density at radius 2 is 2.44 bits per heavy atom. The standard InChI is InChI=1S/C12H15ClN2O/c13-10-4-1-3-9(7-10)12(16)15-8-11-5-2-6-14-11/h1,3-4,7,11,14H,2,5-6,8H2,(H,15,16)/t11-/m1/s1. The van der Waals surface area contributed by atoms with Crippen molar-refractivity contribution in [1.82, 2.24) is 10.6 Å². The molecular weight excluding hydrogens is 224 g/mol. The van der Waals surface area contributed by atoms with Crippen molar-refractivity contribution in [3.05, 3.63) is 34.9 Å². The van der Waals surface area contributed by atoms with Gasteiger partial charge in [0.05, 0.1) is 0 Å². The van der Waals surface area contributed by atoms with Gasteiger partial charge < -0.3 is 10.6 Å². The number of hydrogen-bond acceptors (Lipinski definition) is 2. The highest BCUT2D eigenvalue weighted by Crippen LogP contribution is 2.10. The summed E-state index contributed by atoms with van der Waals surface area (Å²) < 4.78 is 0. The van der Waals surface area contributed by atoms with Crippen LogP contribution in [-0.2, 0) is 0 Å². The molecule has 0 unspecified atom stereocenters. The lowest BCUT2D eigenvalue weighted by molar-refractivity contribution is 0.0950. The molecule has 0 spiro atoms. The summed E-state index contributed by atoms with van der Waals surface area (Å²) in [5.74, 6) is -0.0591. The van der Waals surface area contributed by atoms with Crippen LogP contribution in [0.2, 0.25) is 5.02 Å². The molecule has 1 fully saturated rings. The Hall–Kier alpha value is -1.06. The van der Waals surface area contributed by atoms with Crippen LogP contribution in [0.3, 0.4) is 0 Å². The second kappa shape index (κ2) is 5.32. The zero-order chi connectivity index (χ0) is 11.4. The summed E-state index contributed by atoms with van der Waals surface area (Å²) in [7, 11) is 0. The second-order valence-electron chi connectivity index (χ2n) is 4.01. The fraction of sp³-hybridized carbons (Fsp3) is 0.417. The number of amides is 1. The van der Waals surface area contributed by atoms with Gasteiger partial charge in [0.15, 0.2) is 0 Å². The van der Waals surface area contributed by atoms with Crippen LogP contribution in [0.25, 0.3) is 0 Å². The van der Waals surface area contributed by atoms with E-state index in [9.17, 15) is 4.79 Å². The molecule has 1 aromatic rings. The predicted octanol–water partition coefficient (Wildman–Crippen LogP) is 1.82. The number of rotatable bonds is 3. The van der Waals surface area contributed by atoms with E-state index < -0.39 is 0 Å². The number of hydrogen-bond donors (Lipinski definition) is 2. The first-order valence-electron chi connectivity index (χ1n) is 5.53. The SMILES string of the molecule is O=C(NC[C@H]1CCCN1)c1cccc(Cl)c1. The van der Waals surface area contributed by atoms with Crippen molar-refractivity contribution in [2.45, 2.75) is 18.9 Å². The van der Waals surface area contributed by atoms with E-state index in [-0.39, 0.29) is 5.91 Å². The molecule has 1 aliphatic rings. The zero-order valence-electron chi connectivity index (χ0n) is 9.00. The van der Waals surface area contributed by atoms with Crippen LogP contribution >= 0.6 is 11.6 Å². The van der Waals surface area contributed by atoms with Crippen molar-refractivity contribution >= 4 is 17.5 Å². The van der Waals surface area contributed by atoms with Gasteiger partial charge in [-0.1, -0.05) is 17.7 Å². The summed E-state index contributed by atoms with van der Waals surface area (Å²) >= 11 is 5.82. The van der Waals surface area contributed by atoms with Gasteiger partial charge in [-0.05, 0) is 37.6 Å². The van der Waals surface area contributed by atoms with Crippen LogP contribution < -0.4 is 10.6 Å². The molecule has 86 valence electrons. The van der Waals surface area contributed by atoms with Crippen LogP contribution in [0.1, 0.15) is 23.2 Å². The third kappa shape index (κ3) is 2.97. The van der Waals surface area contributed by atoms with Gasteiger partial charge in [0.25, 0.3) is 5.91 Å². The monoisotopic (exact) mass is 238 g/mol. The summed E-state index contributed by atoms with van der Waals surface area (Å²) in [6.45, 7) is 1.74. The van der Waals surface area contributed by atoms with Crippen molar-refractivity contribution in [2.75, 3.05) is 13.1 Å². The largest absolute Gasteiger partial charge is 0.350 e. The van der Waals surface area contributed by atoms with Gasteiger partial charge in [-0.25, -0.2) is 0 Å². The average Bonchev–Trinajstić information content (AvgIpc) is 2.78. The fourth-order valence-electron chi connectivity index (χ4n) is 1.88. The summed E-state index contributed by atoms with van der Waals surface area (Å²) in [4.78, 5) is 11.8. The van der Waals surface area contributed by atoms with E-state index in [2.05, 4.69) is 10.6 Å².